The maximum absolute atomic E-state index is 2.64. The van der Waals surface area contributed by atoms with Crippen LogP contribution in [0, 0.1) is 46.8 Å². The summed E-state index contributed by atoms with van der Waals surface area (Å²) in [4.78, 5) is 0. The lowest BCUT2D eigenvalue weighted by Gasteiger charge is -2.48. The zero-order valence-electron chi connectivity index (χ0n) is 15.3. The van der Waals surface area contributed by atoms with Crippen molar-refractivity contribution in [3.05, 3.63) is 0 Å². The first-order chi connectivity index (χ1) is 10.6. The largest absolute Gasteiger partial charge is 0.0620 e. The van der Waals surface area contributed by atoms with Crippen molar-refractivity contribution in [2.75, 3.05) is 0 Å². The third kappa shape index (κ3) is 2.57. The van der Waals surface area contributed by atoms with E-state index in [9.17, 15) is 0 Å². The Labute approximate surface area is 138 Å². The van der Waals surface area contributed by atoms with E-state index in [0.29, 0.717) is 5.41 Å². The van der Waals surface area contributed by atoms with E-state index in [1.165, 1.54) is 25.7 Å². The van der Waals surface area contributed by atoms with Crippen molar-refractivity contribution < 1.29 is 0 Å². The highest BCUT2D eigenvalue weighted by Gasteiger charge is 2.54. The van der Waals surface area contributed by atoms with E-state index >= 15 is 0 Å². The van der Waals surface area contributed by atoms with Crippen LogP contribution in [-0.2, 0) is 0 Å². The Morgan fingerprint density at radius 2 is 1.50 bits per heavy atom. The third-order valence-corrected chi connectivity index (χ3v) is 8.78. The molecule has 0 aromatic heterocycles. The van der Waals surface area contributed by atoms with Crippen molar-refractivity contribution in [3.8, 4) is 0 Å². The number of hydrogen-bond acceptors (Lipinski definition) is 0. The van der Waals surface area contributed by atoms with Crippen LogP contribution in [0.3, 0.4) is 0 Å². The molecule has 0 bridgehead atoms. The molecule has 4 aliphatic carbocycles. The molecule has 0 heterocycles. The van der Waals surface area contributed by atoms with Crippen LogP contribution in [0.5, 0.6) is 0 Å². The van der Waals surface area contributed by atoms with E-state index in [2.05, 4.69) is 20.8 Å². The molecule has 0 heteroatoms. The van der Waals surface area contributed by atoms with Gasteiger partial charge >= 0.3 is 0 Å². The fourth-order valence-electron chi connectivity index (χ4n) is 7.77. The lowest BCUT2D eigenvalue weighted by atomic mass is 9.57. The predicted molar refractivity (Wildman–Crippen MR) is 94.7 cm³/mol. The molecular weight excluding hydrogens is 264 g/mol. The molecule has 4 rings (SSSR count). The van der Waals surface area contributed by atoms with Gasteiger partial charge < -0.3 is 0 Å². The minimum Gasteiger partial charge on any atom is -0.0620 e. The monoisotopic (exact) mass is 302 g/mol. The Morgan fingerprint density at radius 1 is 0.773 bits per heavy atom. The topological polar surface area (TPSA) is 0 Å². The fourth-order valence-corrected chi connectivity index (χ4v) is 7.77. The molecular formula is C22H38. The summed E-state index contributed by atoms with van der Waals surface area (Å²) in [6, 6.07) is 0. The van der Waals surface area contributed by atoms with Crippen LogP contribution in [0.25, 0.3) is 0 Å². The first-order valence-corrected chi connectivity index (χ1v) is 10.6. The summed E-state index contributed by atoms with van der Waals surface area (Å²) in [6.07, 6.45) is 17.0. The molecule has 6 atom stereocenters. The Hall–Kier alpha value is 0. The van der Waals surface area contributed by atoms with Crippen molar-refractivity contribution >= 4 is 0 Å². The quantitative estimate of drug-likeness (QED) is 0.533. The molecule has 0 spiro atoms. The molecule has 0 aliphatic heterocycles. The van der Waals surface area contributed by atoms with Crippen molar-refractivity contribution in [3.63, 3.8) is 0 Å². The first-order valence-electron chi connectivity index (χ1n) is 10.6. The van der Waals surface area contributed by atoms with Crippen LogP contribution in [-0.4, -0.2) is 0 Å². The summed E-state index contributed by atoms with van der Waals surface area (Å²) < 4.78 is 0. The normalized spacial score (nSPS) is 46.2. The fraction of sp³-hybridized carbons (Fsp3) is 1.00. The summed E-state index contributed by atoms with van der Waals surface area (Å²) in [7, 11) is 0. The van der Waals surface area contributed by atoms with E-state index in [0.717, 1.165) is 41.4 Å². The first kappa shape index (κ1) is 15.5. The highest BCUT2D eigenvalue weighted by atomic mass is 14.6. The second-order valence-corrected chi connectivity index (χ2v) is 10.3. The molecule has 0 N–H and O–H groups in total. The van der Waals surface area contributed by atoms with E-state index in [1.807, 2.05) is 0 Å². The molecule has 0 aromatic carbocycles. The van der Waals surface area contributed by atoms with E-state index < -0.39 is 0 Å². The van der Waals surface area contributed by atoms with Crippen LogP contribution in [0.4, 0.5) is 0 Å². The third-order valence-electron chi connectivity index (χ3n) is 8.78. The predicted octanol–water partition coefficient (Wildman–Crippen LogP) is 6.69. The zero-order valence-corrected chi connectivity index (χ0v) is 15.3. The van der Waals surface area contributed by atoms with Crippen molar-refractivity contribution in [1.82, 2.24) is 0 Å². The van der Waals surface area contributed by atoms with Crippen molar-refractivity contribution in [2.24, 2.45) is 46.8 Å². The van der Waals surface area contributed by atoms with E-state index in [1.54, 1.807) is 44.9 Å². The molecule has 0 aromatic rings. The second kappa shape index (κ2) is 5.82. The Bertz CT molecular complexity index is 389. The molecule has 4 aliphatic rings. The van der Waals surface area contributed by atoms with Gasteiger partial charge in [-0.3, -0.25) is 0 Å². The van der Waals surface area contributed by atoms with Crippen LogP contribution in [0.15, 0.2) is 0 Å². The smallest absolute Gasteiger partial charge is 0.0320 e. The highest BCUT2D eigenvalue weighted by molar-refractivity contribution is 5.04. The van der Waals surface area contributed by atoms with Gasteiger partial charge in [0.2, 0.25) is 0 Å². The van der Waals surface area contributed by atoms with Gasteiger partial charge in [-0.15, -0.1) is 0 Å². The van der Waals surface area contributed by atoms with Crippen LogP contribution in [0.2, 0.25) is 0 Å². The molecule has 6 unspecified atom stereocenters. The van der Waals surface area contributed by atoms with Gasteiger partial charge in [0, 0.05) is 0 Å². The molecule has 0 saturated heterocycles. The molecule has 4 saturated carbocycles. The van der Waals surface area contributed by atoms with Crippen LogP contribution >= 0.6 is 0 Å². The summed E-state index contributed by atoms with van der Waals surface area (Å²) >= 11 is 0. The molecule has 126 valence electrons. The van der Waals surface area contributed by atoms with Gasteiger partial charge in [0.1, 0.15) is 0 Å². The Kier molecular flexibility index (Phi) is 4.10. The molecule has 0 amide bonds. The maximum Gasteiger partial charge on any atom is -0.0320 e. The van der Waals surface area contributed by atoms with Gasteiger partial charge in [-0.25, -0.2) is 0 Å². The lowest BCUT2D eigenvalue weighted by molar-refractivity contribution is 0.0182. The second-order valence-electron chi connectivity index (χ2n) is 10.3. The number of rotatable bonds is 2. The average molecular weight is 303 g/mol. The van der Waals surface area contributed by atoms with Gasteiger partial charge in [0.25, 0.3) is 0 Å². The Balaban J connectivity index is 1.49. The minimum atomic E-state index is 0.650. The van der Waals surface area contributed by atoms with Gasteiger partial charge in [0.15, 0.2) is 0 Å². The van der Waals surface area contributed by atoms with Gasteiger partial charge in [-0.1, -0.05) is 65.7 Å². The van der Waals surface area contributed by atoms with E-state index in [-0.39, 0.29) is 0 Å². The molecule has 4 fully saturated rings. The van der Waals surface area contributed by atoms with Gasteiger partial charge in [-0.2, -0.15) is 0 Å². The average Bonchev–Trinajstić information content (AvgIpc) is 2.79. The van der Waals surface area contributed by atoms with Crippen LogP contribution in [0.1, 0.15) is 91.4 Å². The summed E-state index contributed by atoms with van der Waals surface area (Å²) in [5.41, 5.74) is 0.650. The highest BCUT2D eigenvalue weighted by Crippen LogP contribution is 2.63. The minimum absolute atomic E-state index is 0.650. The lowest BCUT2D eigenvalue weighted by Crippen LogP contribution is -2.39. The summed E-state index contributed by atoms with van der Waals surface area (Å²) in [6.45, 7) is 7.83. The van der Waals surface area contributed by atoms with Gasteiger partial charge in [0.05, 0.1) is 0 Å². The standard InChI is InChI=1S/C22H38/c1-15(16-8-5-4-6-9-16)18-12-17-10-7-11-20-21(17)19(13-18)14-22(20,2)3/h15-21H,4-14H2,1-3H3. The van der Waals surface area contributed by atoms with Gasteiger partial charge in [-0.05, 0) is 72.5 Å². The van der Waals surface area contributed by atoms with E-state index in [4.69, 9.17) is 0 Å². The zero-order chi connectivity index (χ0) is 15.3. The summed E-state index contributed by atoms with van der Waals surface area (Å²) in [5.74, 6) is 7.56. The van der Waals surface area contributed by atoms with Crippen molar-refractivity contribution in [2.45, 2.75) is 91.4 Å². The van der Waals surface area contributed by atoms with Crippen LogP contribution < -0.4 is 0 Å². The van der Waals surface area contributed by atoms with Crippen molar-refractivity contribution in [1.29, 1.82) is 0 Å². The molecule has 0 radical (unpaired) electrons. The maximum atomic E-state index is 2.64. The number of hydrogen-bond donors (Lipinski definition) is 0. The molecule has 0 nitrogen and oxygen atoms in total. The molecule has 22 heavy (non-hydrogen) atoms. The Morgan fingerprint density at radius 3 is 2.27 bits per heavy atom. The SMILES string of the molecule is CC(C1CCCCC1)C1CC2CCCC3C2C(C1)CC3(C)C. The summed E-state index contributed by atoms with van der Waals surface area (Å²) in [5, 5.41) is 0.